The third kappa shape index (κ3) is 2.21. The van der Waals surface area contributed by atoms with Crippen LogP contribution in [0, 0.1) is 5.82 Å². The number of rotatable bonds is 1. The minimum absolute atomic E-state index is 0.0346. The van der Waals surface area contributed by atoms with E-state index in [2.05, 4.69) is 4.98 Å². The van der Waals surface area contributed by atoms with Crippen molar-refractivity contribution < 1.29 is 17.6 Å². The van der Waals surface area contributed by atoms with Gasteiger partial charge in [-0.1, -0.05) is 13.8 Å². The van der Waals surface area contributed by atoms with Crippen molar-refractivity contribution in [3.05, 3.63) is 29.3 Å². The van der Waals surface area contributed by atoms with Gasteiger partial charge in [0, 0.05) is 0 Å². The molecule has 1 aromatic rings. The molecule has 0 aliphatic carbocycles. The first-order valence-corrected chi connectivity index (χ1v) is 4.05. The van der Waals surface area contributed by atoms with Gasteiger partial charge in [0.2, 0.25) is 0 Å². The van der Waals surface area contributed by atoms with Crippen LogP contribution in [0.2, 0.25) is 0 Å². The van der Waals surface area contributed by atoms with Crippen molar-refractivity contribution in [2.45, 2.75) is 25.9 Å². The van der Waals surface area contributed by atoms with Gasteiger partial charge in [-0.2, -0.15) is 13.2 Å². The van der Waals surface area contributed by atoms with Gasteiger partial charge in [-0.15, -0.1) is 0 Å². The zero-order chi connectivity index (χ0) is 10.9. The summed E-state index contributed by atoms with van der Waals surface area (Å²) in [6.45, 7) is 3.25. The molecule has 0 aromatic carbocycles. The lowest BCUT2D eigenvalue weighted by molar-refractivity contribution is -0.141. The predicted octanol–water partition coefficient (Wildman–Crippen LogP) is 3.36. The molecule has 0 saturated heterocycles. The Balaban J connectivity index is 3.20. The van der Waals surface area contributed by atoms with Gasteiger partial charge in [0.15, 0.2) is 0 Å². The standard InChI is InChI=1S/C9H9F4N/c1-5(2)6-3-8(9(11,12)13)14-4-7(6)10/h3-5H,1-2H3. The molecule has 0 radical (unpaired) electrons. The van der Waals surface area contributed by atoms with Gasteiger partial charge in [0.25, 0.3) is 0 Å². The second-order valence-electron chi connectivity index (χ2n) is 3.24. The van der Waals surface area contributed by atoms with E-state index in [4.69, 9.17) is 0 Å². The van der Waals surface area contributed by atoms with Crippen LogP contribution in [0.1, 0.15) is 31.0 Å². The highest BCUT2D eigenvalue weighted by atomic mass is 19.4. The minimum atomic E-state index is -4.52. The lowest BCUT2D eigenvalue weighted by atomic mass is 10.0. The molecule has 0 aliphatic heterocycles. The summed E-state index contributed by atoms with van der Waals surface area (Å²) in [5, 5.41) is 0. The van der Waals surface area contributed by atoms with Crippen molar-refractivity contribution in [2.24, 2.45) is 0 Å². The topological polar surface area (TPSA) is 12.9 Å². The van der Waals surface area contributed by atoms with E-state index in [1.807, 2.05) is 0 Å². The summed E-state index contributed by atoms with van der Waals surface area (Å²) >= 11 is 0. The van der Waals surface area contributed by atoms with E-state index in [0.29, 0.717) is 6.20 Å². The highest BCUT2D eigenvalue weighted by Crippen LogP contribution is 2.30. The summed E-state index contributed by atoms with van der Waals surface area (Å²) in [7, 11) is 0. The Morgan fingerprint density at radius 2 is 1.86 bits per heavy atom. The van der Waals surface area contributed by atoms with E-state index in [1.54, 1.807) is 13.8 Å². The summed E-state index contributed by atoms with van der Waals surface area (Å²) in [4.78, 5) is 2.99. The molecule has 0 N–H and O–H groups in total. The Labute approximate surface area is 78.8 Å². The average Bonchev–Trinajstić information content (AvgIpc) is 2.02. The SMILES string of the molecule is CC(C)c1cc(C(F)(F)F)ncc1F. The van der Waals surface area contributed by atoms with Crippen LogP contribution in [0.25, 0.3) is 0 Å². The second kappa shape index (κ2) is 3.55. The Bertz CT molecular complexity index is 330. The van der Waals surface area contributed by atoms with Gasteiger partial charge < -0.3 is 0 Å². The first kappa shape index (κ1) is 10.9. The predicted molar refractivity (Wildman–Crippen MR) is 43.3 cm³/mol. The third-order valence-electron chi connectivity index (χ3n) is 1.80. The van der Waals surface area contributed by atoms with Crippen LogP contribution in [-0.4, -0.2) is 4.98 Å². The van der Waals surface area contributed by atoms with E-state index in [1.165, 1.54) is 0 Å². The Morgan fingerprint density at radius 3 is 2.29 bits per heavy atom. The van der Waals surface area contributed by atoms with E-state index in [-0.39, 0.29) is 11.5 Å². The van der Waals surface area contributed by atoms with Crippen LogP contribution in [-0.2, 0) is 6.18 Å². The van der Waals surface area contributed by atoms with Crippen molar-refractivity contribution in [2.75, 3.05) is 0 Å². The van der Waals surface area contributed by atoms with Gasteiger partial charge >= 0.3 is 6.18 Å². The molecule has 0 amide bonds. The monoisotopic (exact) mass is 207 g/mol. The van der Waals surface area contributed by atoms with E-state index >= 15 is 0 Å². The quantitative estimate of drug-likeness (QED) is 0.643. The second-order valence-corrected chi connectivity index (χ2v) is 3.24. The molecule has 0 spiro atoms. The Kier molecular flexibility index (Phi) is 2.78. The molecule has 1 nitrogen and oxygen atoms in total. The van der Waals surface area contributed by atoms with Crippen LogP contribution in [0.4, 0.5) is 17.6 Å². The summed E-state index contributed by atoms with van der Waals surface area (Å²) in [5.74, 6) is -0.993. The Hall–Kier alpha value is -1.13. The van der Waals surface area contributed by atoms with Crippen molar-refractivity contribution in [1.82, 2.24) is 4.98 Å². The molecule has 0 atom stereocenters. The normalized spacial score (nSPS) is 12.2. The van der Waals surface area contributed by atoms with Gasteiger partial charge in [-0.05, 0) is 17.5 Å². The van der Waals surface area contributed by atoms with Gasteiger partial charge in [-0.3, -0.25) is 0 Å². The zero-order valence-electron chi connectivity index (χ0n) is 7.69. The number of alkyl halides is 3. The van der Waals surface area contributed by atoms with Crippen LogP contribution < -0.4 is 0 Å². The Morgan fingerprint density at radius 1 is 1.29 bits per heavy atom. The van der Waals surface area contributed by atoms with Crippen molar-refractivity contribution in [1.29, 1.82) is 0 Å². The number of pyridine rings is 1. The molecule has 1 aromatic heterocycles. The molecule has 0 unspecified atom stereocenters. The summed E-state index contributed by atoms with van der Waals surface area (Å²) < 4.78 is 49.5. The molecule has 1 heterocycles. The maximum absolute atomic E-state index is 13.0. The van der Waals surface area contributed by atoms with Gasteiger partial charge in [0.05, 0.1) is 6.20 Å². The molecule has 0 saturated carbocycles. The zero-order valence-corrected chi connectivity index (χ0v) is 7.69. The van der Waals surface area contributed by atoms with Crippen molar-refractivity contribution in [3.8, 4) is 0 Å². The van der Waals surface area contributed by atoms with E-state index in [0.717, 1.165) is 6.07 Å². The minimum Gasteiger partial charge on any atom is -0.249 e. The summed E-state index contributed by atoms with van der Waals surface area (Å²) in [5.41, 5.74) is -1.02. The highest BCUT2D eigenvalue weighted by Gasteiger charge is 2.33. The number of aromatic nitrogens is 1. The summed E-state index contributed by atoms with van der Waals surface area (Å²) in [6, 6.07) is 0.750. The molecule has 14 heavy (non-hydrogen) atoms. The lowest BCUT2D eigenvalue weighted by Crippen LogP contribution is -2.10. The lowest BCUT2D eigenvalue weighted by Gasteiger charge is -2.10. The molecule has 78 valence electrons. The number of hydrogen-bond donors (Lipinski definition) is 0. The largest absolute Gasteiger partial charge is 0.433 e. The fraction of sp³-hybridized carbons (Fsp3) is 0.444. The maximum Gasteiger partial charge on any atom is 0.433 e. The first-order chi connectivity index (χ1) is 6.32. The van der Waals surface area contributed by atoms with Crippen LogP contribution in [0.15, 0.2) is 12.3 Å². The smallest absolute Gasteiger partial charge is 0.249 e. The fourth-order valence-electron chi connectivity index (χ4n) is 1.05. The fourth-order valence-corrected chi connectivity index (χ4v) is 1.05. The number of nitrogens with zero attached hydrogens (tertiary/aromatic N) is 1. The molecular formula is C9H9F4N. The molecule has 5 heteroatoms. The van der Waals surface area contributed by atoms with Crippen LogP contribution >= 0.6 is 0 Å². The molecule has 0 fully saturated rings. The molecule has 0 aliphatic rings. The van der Waals surface area contributed by atoms with Crippen molar-refractivity contribution in [3.63, 3.8) is 0 Å². The third-order valence-corrected chi connectivity index (χ3v) is 1.80. The van der Waals surface area contributed by atoms with E-state index < -0.39 is 17.7 Å². The van der Waals surface area contributed by atoms with Crippen LogP contribution in [0.3, 0.4) is 0 Å². The number of hydrogen-bond acceptors (Lipinski definition) is 1. The molecular weight excluding hydrogens is 198 g/mol. The highest BCUT2D eigenvalue weighted by molar-refractivity contribution is 5.22. The van der Waals surface area contributed by atoms with Crippen molar-refractivity contribution >= 4 is 0 Å². The average molecular weight is 207 g/mol. The van der Waals surface area contributed by atoms with E-state index in [9.17, 15) is 17.6 Å². The first-order valence-electron chi connectivity index (χ1n) is 4.05. The molecule has 1 rings (SSSR count). The summed E-state index contributed by atoms with van der Waals surface area (Å²) in [6.07, 6.45) is -3.91. The molecule has 0 bridgehead atoms. The van der Waals surface area contributed by atoms with Gasteiger partial charge in [-0.25, -0.2) is 9.37 Å². The van der Waals surface area contributed by atoms with Crippen LogP contribution in [0.5, 0.6) is 0 Å². The number of halogens is 4. The van der Waals surface area contributed by atoms with Gasteiger partial charge in [0.1, 0.15) is 11.5 Å². The maximum atomic E-state index is 13.0.